The third-order valence-corrected chi connectivity index (χ3v) is 3.75. The Morgan fingerprint density at radius 1 is 0.966 bits per heavy atom. The first kappa shape index (κ1) is 21.6. The molecule has 0 aliphatic heterocycles. The molecule has 0 fully saturated rings. The lowest BCUT2D eigenvalue weighted by molar-refractivity contribution is -0.199. The van der Waals surface area contributed by atoms with Crippen LogP contribution < -0.4 is 11.1 Å². The Morgan fingerprint density at radius 3 is 2.03 bits per heavy atom. The first-order chi connectivity index (χ1) is 13.6. The Bertz CT molecular complexity index is 913. The van der Waals surface area contributed by atoms with E-state index >= 15 is 0 Å². The number of halogens is 3. The number of ether oxygens (including phenoxy) is 1. The van der Waals surface area contributed by atoms with Crippen LogP contribution in [0.15, 0.2) is 54.6 Å². The highest BCUT2D eigenvalue weighted by Gasteiger charge is 2.41. The van der Waals surface area contributed by atoms with Crippen molar-refractivity contribution in [1.29, 1.82) is 5.41 Å². The minimum absolute atomic E-state index is 0.0722. The van der Waals surface area contributed by atoms with E-state index in [0.717, 1.165) is 0 Å². The molecule has 0 saturated heterocycles. The summed E-state index contributed by atoms with van der Waals surface area (Å²) in [6, 6.07) is 11.4. The number of nitrogens with one attached hydrogen (secondary N) is 2. The summed E-state index contributed by atoms with van der Waals surface area (Å²) in [4.78, 5) is 36.0. The van der Waals surface area contributed by atoms with Gasteiger partial charge in [0.1, 0.15) is 18.5 Å². The van der Waals surface area contributed by atoms with Crippen molar-refractivity contribution in [2.24, 2.45) is 5.73 Å². The van der Waals surface area contributed by atoms with Crippen LogP contribution in [-0.4, -0.2) is 42.3 Å². The summed E-state index contributed by atoms with van der Waals surface area (Å²) in [6.07, 6.45) is -5.23. The van der Waals surface area contributed by atoms with Gasteiger partial charge in [0.15, 0.2) is 5.78 Å². The first-order valence-corrected chi connectivity index (χ1v) is 8.18. The second-order valence-electron chi connectivity index (χ2n) is 5.84. The molecule has 2 rings (SSSR count). The quantitative estimate of drug-likeness (QED) is 0.281. The van der Waals surface area contributed by atoms with Crippen LogP contribution in [0, 0.1) is 5.41 Å². The van der Waals surface area contributed by atoms with Crippen molar-refractivity contribution in [3.8, 4) is 0 Å². The number of alkyl halides is 3. The summed E-state index contributed by atoms with van der Waals surface area (Å²) >= 11 is 0. The van der Waals surface area contributed by atoms with Gasteiger partial charge in [0.2, 0.25) is 0 Å². The molecule has 29 heavy (non-hydrogen) atoms. The molecule has 1 atom stereocenters. The van der Waals surface area contributed by atoms with Gasteiger partial charge in [-0.1, -0.05) is 42.5 Å². The molecule has 0 unspecified atom stereocenters. The number of nitrogens with two attached hydrogens (primary N) is 1. The van der Waals surface area contributed by atoms with E-state index in [9.17, 15) is 27.6 Å². The van der Waals surface area contributed by atoms with Crippen molar-refractivity contribution in [3.63, 3.8) is 0 Å². The molecule has 0 spiro atoms. The molecular weight excluding hydrogens is 391 g/mol. The molecule has 0 radical (unpaired) electrons. The van der Waals surface area contributed by atoms with Gasteiger partial charge >= 0.3 is 12.1 Å². The van der Waals surface area contributed by atoms with E-state index in [4.69, 9.17) is 11.1 Å². The lowest BCUT2D eigenvalue weighted by Crippen LogP contribution is -2.45. The molecule has 4 N–H and O–H groups in total. The molecular formula is C19H16F3N3O4. The van der Waals surface area contributed by atoms with Gasteiger partial charge in [0.25, 0.3) is 5.91 Å². The van der Waals surface area contributed by atoms with Crippen LogP contribution in [0.25, 0.3) is 0 Å². The standard InChI is InChI=1S/C19H16F3N3O4/c20-19(21,22)18(28)29-10-14(15(26)11-4-2-1-3-5-11)25-17(27)13-8-6-12(7-9-13)16(23)24/h1-9,14H,10H2,(H3,23,24)(H,25,27)/t14-/m0/s1. The molecule has 2 aromatic rings. The molecule has 2 aromatic carbocycles. The molecule has 0 heterocycles. The summed E-state index contributed by atoms with van der Waals surface area (Å²) in [6.45, 7) is -0.997. The van der Waals surface area contributed by atoms with Gasteiger partial charge in [-0.15, -0.1) is 0 Å². The number of amides is 1. The topological polar surface area (TPSA) is 122 Å². The van der Waals surface area contributed by atoms with E-state index in [-0.39, 0.29) is 17.0 Å². The second kappa shape index (κ2) is 9.00. The molecule has 152 valence electrons. The molecule has 0 saturated carbocycles. The van der Waals surface area contributed by atoms with Crippen molar-refractivity contribution >= 4 is 23.5 Å². The zero-order chi connectivity index (χ0) is 21.6. The smallest absolute Gasteiger partial charge is 0.456 e. The van der Waals surface area contributed by atoms with E-state index in [2.05, 4.69) is 10.1 Å². The highest BCUT2D eigenvalue weighted by Crippen LogP contribution is 2.17. The summed E-state index contributed by atoms with van der Waals surface area (Å²) in [7, 11) is 0. The van der Waals surface area contributed by atoms with Crippen LogP contribution in [0.4, 0.5) is 13.2 Å². The summed E-state index contributed by atoms with van der Waals surface area (Å²) in [5, 5.41) is 9.58. The number of carbonyl (C=O) groups is 3. The number of nitrogen functional groups attached to an aromatic ring is 1. The van der Waals surface area contributed by atoms with E-state index < -0.39 is 36.5 Å². The van der Waals surface area contributed by atoms with E-state index in [1.165, 1.54) is 48.5 Å². The monoisotopic (exact) mass is 407 g/mol. The minimum Gasteiger partial charge on any atom is -0.456 e. The third-order valence-electron chi connectivity index (χ3n) is 3.75. The number of hydrogen-bond donors (Lipinski definition) is 3. The Balaban J connectivity index is 2.19. The summed E-state index contributed by atoms with van der Waals surface area (Å²) in [5.41, 5.74) is 5.87. The zero-order valence-corrected chi connectivity index (χ0v) is 14.8. The fraction of sp³-hybridized carbons (Fsp3) is 0.158. The van der Waals surface area contributed by atoms with Gasteiger partial charge in [-0.2, -0.15) is 13.2 Å². The predicted molar refractivity (Wildman–Crippen MR) is 96.5 cm³/mol. The first-order valence-electron chi connectivity index (χ1n) is 8.18. The van der Waals surface area contributed by atoms with Crippen molar-refractivity contribution in [1.82, 2.24) is 5.32 Å². The maximum atomic E-state index is 12.6. The van der Waals surface area contributed by atoms with Crippen molar-refractivity contribution in [2.75, 3.05) is 6.61 Å². The second-order valence-corrected chi connectivity index (χ2v) is 5.84. The van der Waals surface area contributed by atoms with Gasteiger partial charge in [-0.05, 0) is 12.1 Å². The maximum absolute atomic E-state index is 12.6. The highest BCUT2D eigenvalue weighted by atomic mass is 19.4. The zero-order valence-electron chi connectivity index (χ0n) is 14.8. The lowest BCUT2D eigenvalue weighted by atomic mass is 10.0. The predicted octanol–water partition coefficient (Wildman–Crippen LogP) is 2.06. The Kier molecular flexibility index (Phi) is 6.71. The van der Waals surface area contributed by atoms with E-state index in [1.54, 1.807) is 6.07 Å². The normalized spacial score (nSPS) is 12.0. The fourth-order valence-electron chi connectivity index (χ4n) is 2.27. The molecule has 10 heteroatoms. The van der Waals surface area contributed by atoms with Crippen molar-refractivity contribution in [3.05, 3.63) is 71.3 Å². The van der Waals surface area contributed by atoms with Crippen LogP contribution in [0.1, 0.15) is 26.3 Å². The summed E-state index contributed by atoms with van der Waals surface area (Å²) < 4.78 is 41.3. The molecule has 0 aliphatic rings. The number of hydrogen-bond acceptors (Lipinski definition) is 5. The van der Waals surface area contributed by atoms with E-state index in [0.29, 0.717) is 5.56 Å². The van der Waals surface area contributed by atoms with Crippen molar-refractivity contribution < 1.29 is 32.3 Å². The highest BCUT2D eigenvalue weighted by molar-refractivity contribution is 6.05. The molecule has 1 amide bonds. The number of Topliss-reactive ketones (excluding diaryl/α,β-unsaturated/α-hetero) is 1. The Labute approximate surface area is 163 Å². The minimum atomic E-state index is -5.23. The van der Waals surface area contributed by atoms with Crippen LogP contribution in [0.5, 0.6) is 0 Å². The Hall–Kier alpha value is -3.69. The number of carbonyl (C=O) groups excluding carboxylic acids is 3. The summed E-state index contributed by atoms with van der Waals surface area (Å²) in [5.74, 6) is -4.19. The van der Waals surface area contributed by atoms with Gasteiger partial charge in [-0.25, -0.2) is 4.79 Å². The third kappa shape index (κ3) is 5.89. The fourth-order valence-corrected chi connectivity index (χ4v) is 2.27. The molecule has 0 aromatic heterocycles. The molecule has 7 nitrogen and oxygen atoms in total. The van der Waals surface area contributed by atoms with Gasteiger partial charge in [0.05, 0.1) is 0 Å². The molecule has 0 aliphatic carbocycles. The lowest BCUT2D eigenvalue weighted by Gasteiger charge is -2.18. The van der Waals surface area contributed by atoms with Gasteiger partial charge in [0, 0.05) is 16.7 Å². The van der Waals surface area contributed by atoms with Crippen LogP contribution >= 0.6 is 0 Å². The van der Waals surface area contributed by atoms with Gasteiger partial charge < -0.3 is 15.8 Å². The van der Waals surface area contributed by atoms with Crippen molar-refractivity contribution in [2.45, 2.75) is 12.2 Å². The average molecular weight is 407 g/mol. The maximum Gasteiger partial charge on any atom is 0.490 e. The van der Waals surface area contributed by atoms with Gasteiger partial charge in [-0.3, -0.25) is 15.0 Å². The number of rotatable bonds is 7. The van der Waals surface area contributed by atoms with E-state index in [1.807, 2.05) is 0 Å². The number of ketones is 1. The molecule has 0 bridgehead atoms. The largest absolute Gasteiger partial charge is 0.490 e. The van der Waals surface area contributed by atoms with Crippen LogP contribution in [-0.2, 0) is 9.53 Å². The number of amidine groups is 1. The number of esters is 1. The SMILES string of the molecule is N=C(N)c1ccc(C(=O)N[C@@H](COC(=O)C(F)(F)F)C(=O)c2ccccc2)cc1. The Morgan fingerprint density at radius 2 is 1.52 bits per heavy atom. The number of benzene rings is 2. The van der Waals surface area contributed by atoms with Crippen LogP contribution in [0.3, 0.4) is 0 Å². The van der Waals surface area contributed by atoms with Crippen LogP contribution in [0.2, 0.25) is 0 Å². The average Bonchev–Trinajstić information content (AvgIpc) is 2.70.